The molecule has 0 aromatic heterocycles. The fourth-order valence-electron chi connectivity index (χ4n) is 1.07. The Balaban J connectivity index is 2.80. The van der Waals surface area contributed by atoms with Crippen molar-refractivity contribution in [2.75, 3.05) is 11.9 Å². The van der Waals surface area contributed by atoms with Crippen molar-refractivity contribution < 1.29 is 19.4 Å². The van der Waals surface area contributed by atoms with Crippen molar-refractivity contribution in [2.24, 2.45) is 0 Å². The Labute approximate surface area is 101 Å². The molecule has 5 nitrogen and oxygen atoms in total. The lowest BCUT2D eigenvalue weighted by molar-refractivity contribution is -0.139. The first-order valence-electron chi connectivity index (χ1n) is 4.40. The van der Waals surface area contributed by atoms with Gasteiger partial charge in [-0.2, -0.15) is 0 Å². The van der Waals surface area contributed by atoms with Crippen LogP contribution < -0.4 is 10.1 Å². The molecule has 0 bridgehead atoms. The molecular formula is C10H10BrNO4. The SMILES string of the molecule is CC(=O)Nc1cc(Br)cc(OCC(=O)O)c1. The lowest BCUT2D eigenvalue weighted by Gasteiger charge is -2.07. The second kappa shape index (κ2) is 5.50. The maximum Gasteiger partial charge on any atom is 0.341 e. The first-order valence-corrected chi connectivity index (χ1v) is 5.19. The molecule has 1 aromatic rings. The van der Waals surface area contributed by atoms with E-state index in [1.165, 1.54) is 6.92 Å². The Morgan fingerprint density at radius 2 is 2.12 bits per heavy atom. The minimum absolute atomic E-state index is 0.206. The lowest BCUT2D eigenvalue weighted by atomic mass is 10.3. The molecule has 16 heavy (non-hydrogen) atoms. The van der Waals surface area contributed by atoms with Gasteiger partial charge in [-0.3, -0.25) is 4.79 Å². The number of carbonyl (C=O) groups is 2. The van der Waals surface area contributed by atoms with Gasteiger partial charge in [-0.25, -0.2) is 4.79 Å². The highest BCUT2D eigenvalue weighted by Crippen LogP contribution is 2.24. The predicted molar refractivity (Wildman–Crippen MR) is 61.6 cm³/mol. The highest BCUT2D eigenvalue weighted by molar-refractivity contribution is 9.10. The molecule has 0 saturated heterocycles. The topological polar surface area (TPSA) is 75.6 Å². The van der Waals surface area contributed by atoms with E-state index in [2.05, 4.69) is 21.2 Å². The van der Waals surface area contributed by atoms with Gasteiger partial charge in [0.1, 0.15) is 5.75 Å². The van der Waals surface area contributed by atoms with E-state index in [0.717, 1.165) is 0 Å². The van der Waals surface area contributed by atoms with Crippen LogP contribution in [0.2, 0.25) is 0 Å². The summed E-state index contributed by atoms with van der Waals surface area (Å²) < 4.78 is 5.68. The van der Waals surface area contributed by atoms with Crippen LogP contribution in [0, 0.1) is 0 Å². The number of ether oxygens (including phenoxy) is 1. The standard InChI is InChI=1S/C10H10BrNO4/c1-6(13)12-8-2-7(11)3-9(4-8)16-5-10(14)15/h2-4H,5H2,1H3,(H,12,13)(H,14,15). The third kappa shape index (κ3) is 4.31. The number of carboxylic acid groups (broad SMARTS) is 1. The smallest absolute Gasteiger partial charge is 0.341 e. The number of aliphatic carboxylic acids is 1. The number of hydrogen-bond donors (Lipinski definition) is 2. The quantitative estimate of drug-likeness (QED) is 0.886. The zero-order valence-corrected chi connectivity index (χ0v) is 10.1. The Morgan fingerprint density at radius 1 is 1.44 bits per heavy atom. The fourth-order valence-corrected chi connectivity index (χ4v) is 1.54. The second-order valence-electron chi connectivity index (χ2n) is 3.04. The van der Waals surface area contributed by atoms with Gasteiger partial charge in [-0.1, -0.05) is 15.9 Å². The van der Waals surface area contributed by atoms with Crippen LogP contribution in [0.25, 0.3) is 0 Å². The zero-order chi connectivity index (χ0) is 12.1. The molecule has 1 rings (SSSR count). The highest BCUT2D eigenvalue weighted by atomic mass is 79.9. The van der Waals surface area contributed by atoms with Gasteiger partial charge in [0.15, 0.2) is 6.61 Å². The van der Waals surface area contributed by atoms with Crippen LogP contribution >= 0.6 is 15.9 Å². The van der Waals surface area contributed by atoms with Crippen LogP contribution in [0.15, 0.2) is 22.7 Å². The number of benzene rings is 1. The Hall–Kier alpha value is -1.56. The van der Waals surface area contributed by atoms with Crippen molar-refractivity contribution in [3.63, 3.8) is 0 Å². The van der Waals surface area contributed by atoms with Crippen LogP contribution in [-0.4, -0.2) is 23.6 Å². The van der Waals surface area contributed by atoms with Gasteiger partial charge in [0.05, 0.1) is 0 Å². The monoisotopic (exact) mass is 287 g/mol. The Morgan fingerprint density at radius 3 is 2.69 bits per heavy atom. The maximum atomic E-state index is 10.8. The average molecular weight is 288 g/mol. The van der Waals surface area contributed by atoms with Gasteiger partial charge in [0, 0.05) is 23.2 Å². The van der Waals surface area contributed by atoms with Crippen molar-refractivity contribution in [3.8, 4) is 5.75 Å². The molecule has 6 heteroatoms. The van der Waals surface area contributed by atoms with E-state index in [-0.39, 0.29) is 5.91 Å². The lowest BCUT2D eigenvalue weighted by Crippen LogP contribution is -2.10. The van der Waals surface area contributed by atoms with E-state index in [4.69, 9.17) is 9.84 Å². The van der Waals surface area contributed by atoms with E-state index in [1.54, 1.807) is 18.2 Å². The summed E-state index contributed by atoms with van der Waals surface area (Å²) in [5.74, 6) is -0.885. The third-order valence-electron chi connectivity index (χ3n) is 1.55. The minimum atomic E-state index is -1.05. The van der Waals surface area contributed by atoms with Crippen LogP contribution in [0.4, 0.5) is 5.69 Å². The molecular weight excluding hydrogens is 278 g/mol. The molecule has 0 saturated carbocycles. The molecule has 0 spiro atoms. The second-order valence-corrected chi connectivity index (χ2v) is 3.95. The van der Waals surface area contributed by atoms with Gasteiger partial charge in [-0.15, -0.1) is 0 Å². The Bertz CT molecular complexity index is 419. The van der Waals surface area contributed by atoms with Crippen molar-refractivity contribution in [1.82, 2.24) is 0 Å². The van der Waals surface area contributed by atoms with E-state index in [0.29, 0.717) is 15.9 Å². The third-order valence-corrected chi connectivity index (χ3v) is 2.01. The molecule has 0 heterocycles. The first-order chi connectivity index (χ1) is 7.47. The summed E-state index contributed by atoms with van der Waals surface area (Å²) >= 11 is 3.23. The molecule has 0 unspecified atom stereocenters. The zero-order valence-electron chi connectivity index (χ0n) is 8.49. The Kier molecular flexibility index (Phi) is 4.30. The number of carboxylic acids is 1. The molecule has 1 aromatic carbocycles. The van der Waals surface area contributed by atoms with Gasteiger partial charge in [0.2, 0.25) is 5.91 Å². The highest BCUT2D eigenvalue weighted by Gasteiger charge is 2.04. The molecule has 1 amide bonds. The normalized spacial score (nSPS) is 9.62. The predicted octanol–water partition coefficient (Wildman–Crippen LogP) is 1.87. The summed E-state index contributed by atoms with van der Waals surface area (Å²) in [5, 5.41) is 11.0. The number of hydrogen-bond acceptors (Lipinski definition) is 3. The summed E-state index contributed by atoms with van der Waals surface area (Å²) in [7, 11) is 0. The summed E-state index contributed by atoms with van der Waals surface area (Å²) in [6, 6.07) is 4.86. The number of amides is 1. The van der Waals surface area contributed by atoms with Crippen molar-refractivity contribution in [2.45, 2.75) is 6.92 Å². The summed E-state index contributed by atoms with van der Waals surface area (Å²) in [6.45, 7) is 0.967. The van der Waals surface area contributed by atoms with E-state index < -0.39 is 12.6 Å². The van der Waals surface area contributed by atoms with Crippen LogP contribution in [0.5, 0.6) is 5.75 Å². The molecule has 86 valence electrons. The van der Waals surface area contributed by atoms with Crippen molar-refractivity contribution in [1.29, 1.82) is 0 Å². The summed E-state index contributed by atoms with van der Waals surface area (Å²) in [5.41, 5.74) is 0.544. The number of nitrogens with one attached hydrogen (secondary N) is 1. The minimum Gasteiger partial charge on any atom is -0.482 e. The maximum absolute atomic E-state index is 10.8. The number of carbonyl (C=O) groups excluding carboxylic acids is 1. The molecule has 0 aliphatic heterocycles. The van der Waals surface area contributed by atoms with E-state index in [1.807, 2.05) is 0 Å². The van der Waals surface area contributed by atoms with Gasteiger partial charge in [-0.05, 0) is 12.1 Å². The summed E-state index contributed by atoms with van der Waals surface area (Å²) in [6.07, 6.45) is 0. The molecule has 0 fully saturated rings. The summed E-state index contributed by atoms with van der Waals surface area (Å²) in [4.78, 5) is 21.2. The van der Waals surface area contributed by atoms with Crippen LogP contribution in [0.1, 0.15) is 6.92 Å². The molecule has 2 N–H and O–H groups in total. The molecule has 0 radical (unpaired) electrons. The van der Waals surface area contributed by atoms with Crippen LogP contribution in [-0.2, 0) is 9.59 Å². The number of anilines is 1. The molecule has 0 atom stereocenters. The van der Waals surface area contributed by atoms with E-state index >= 15 is 0 Å². The van der Waals surface area contributed by atoms with Gasteiger partial charge in [0.25, 0.3) is 0 Å². The van der Waals surface area contributed by atoms with Crippen molar-refractivity contribution >= 4 is 33.5 Å². The van der Waals surface area contributed by atoms with Crippen molar-refractivity contribution in [3.05, 3.63) is 22.7 Å². The number of rotatable bonds is 4. The molecule has 0 aliphatic rings. The largest absolute Gasteiger partial charge is 0.482 e. The van der Waals surface area contributed by atoms with Gasteiger partial charge < -0.3 is 15.2 Å². The van der Waals surface area contributed by atoms with E-state index in [9.17, 15) is 9.59 Å². The number of halogens is 1. The first kappa shape index (κ1) is 12.5. The molecule has 0 aliphatic carbocycles. The van der Waals surface area contributed by atoms with Crippen LogP contribution in [0.3, 0.4) is 0 Å². The fraction of sp³-hybridized carbons (Fsp3) is 0.200. The van der Waals surface area contributed by atoms with Gasteiger partial charge >= 0.3 is 5.97 Å². The average Bonchev–Trinajstić information content (AvgIpc) is 2.12.